The Hall–Kier alpha value is -0.0800. The molecule has 2 saturated carbocycles. The van der Waals surface area contributed by atoms with E-state index in [1.807, 2.05) is 7.11 Å². The Morgan fingerprint density at radius 1 is 1.43 bits per heavy atom. The largest absolute Gasteiger partial charge is 0.377 e. The Bertz CT molecular complexity index is 179. The molecule has 2 aliphatic carbocycles. The Balaban J connectivity index is 1.73. The number of hydrogen-bond donors (Lipinski definition) is 1. The molecular weight excluding hydrogens is 174 g/mol. The lowest BCUT2D eigenvalue weighted by Crippen LogP contribution is -2.50. The van der Waals surface area contributed by atoms with E-state index in [1.165, 1.54) is 38.5 Å². The summed E-state index contributed by atoms with van der Waals surface area (Å²) < 4.78 is 5.61. The summed E-state index contributed by atoms with van der Waals surface area (Å²) in [5.41, 5.74) is 0.197. The maximum atomic E-state index is 5.61. The predicted octanol–water partition coefficient (Wildman–Crippen LogP) is 2.33. The lowest BCUT2D eigenvalue weighted by Gasteiger charge is -2.41. The average molecular weight is 197 g/mol. The van der Waals surface area contributed by atoms with Gasteiger partial charge in [0.2, 0.25) is 0 Å². The van der Waals surface area contributed by atoms with Crippen LogP contribution in [0.25, 0.3) is 0 Å². The van der Waals surface area contributed by atoms with Gasteiger partial charge in [-0.25, -0.2) is 0 Å². The standard InChI is InChI=1S/C12H23NO/c1-3-11(10-5-6-10)13-9-12(14-2)7-4-8-12/h10-11,13H,3-9H2,1-2H3. The molecule has 1 unspecified atom stereocenters. The minimum Gasteiger partial charge on any atom is -0.377 e. The van der Waals surface area contributed by atoms with Crippen LogP contribution in [0.3, 0.4) is 0 Å². The van der Waals surface area contributed by atoms with Gasteiger partial charge in [0.1, 0.15) is 0 Å². The monoisotopic (exact) mass is 197 g/mol. The van der Waals surface area contributed by atoms with E-state index in [4.69, 9.17) is 4.74 Å². The zero-order chi connectivity index (χ0) is 10.0. The zero-order valence-electron chi connectivity index (χ0n) is 9.51. The van der Waals surface area contributed by atoms with Crippen LogP contribution in [-0.4, -0.2) is 25.3 Å². The average Bonchev–Trinajstić information content (AvgIpc) is 2.94. The van der Waals surface area contributed by atoms with E-state index in [1.54, 1.807) is 0 Å². The fourth-order valence-corrected chi connectivity index (χ4v) is 2.48. The lowest BCUT2D eigenvalue weighted by atomic mass is 9.79. The lowest BCUT2D eigenvalue weighted by molar-refractivity contribution is -0.0712. The van der Waals surface area contributed by atoms with E-state index in [0.717, 1.165) is 18.5 Å². The van der Waals surface area contributed by atoms with Crippen LogP contribution in [0.1, 0.15) is 45.4 Å². The van der Waals surface area contributed by atoms with Crippen molar-refractivity contribution in [2.75, 3.05) is 13.7 Å². The smallest absolute Gasteiger partial charge is 0.0802 e. The first kappa shape index (κ1) is 10.4. The highest BCUT2D eigenvalue weighted by molar-refractivity contribution is 4.94. The van der Waals surface area contributed by atoms with Crippen molar-refractivity contribution in [2.45, 2.75) is 57.1 Å². The summed E-state index contributed by atoms with van der Waals surface area (Å²) in [6.45, 7) is 3.36. The SMILES string of the molecule is CCC(NCC1(OC)CCC1)C1CC1. The number of rotatable bonds is 6. The van der Waals surface area contributed by atoms with Gasteiger partial charge in [-0.05, 0) is 44.4 Å². The van der Waals surface area contributed by atoms with Crippen LogP contribution >= 0.6 is 0 Å². The minimum absolute atomic E-state index is 0.197. The molecule has 0 spiro atoms. The summed E-state index contributed by atoms with van der Waals surface area (Å²) in [6.07, 6.45) is 7.98. The molecule has 1 atom stereocenters. The third kappa shape index (κ3) is 2.12. The van der Waals surface area contributed by atoms with Crippen molar-refractivity contribution in [3.63, 3.8) is 0 Å². The first-order valence-electron chi connectivity index (χ1n) is 6.08. The van der Waals surface area contributed by atoms with Gasteiger partial charge in [0, 0.05) is 19.7 Å². The van der Waals surface area contributed by atoms with Crippen LogP contribution in [0.5, 0.6) is 0 Å². The fourth-order valence-electron chi connectivity index (χ4n) is 2.48. The molecule has 2 rings (SSSR count). The molecule has 0 aromatic rings. The summed E-state index contributed by atoms with van der Waals surface area (Å²) >= 11 is 0. The van der Waals surface area contributed by atoms with Gasteiger partial charge in [-0.1, -0.05) is 6.92 Å². The van der Waals surface area contributed by atoms with E-state index in [2.05, 4.69) is 12.2 Å². The molecule has 0 radical (unpaired) electrons. The summed E-state index contributed by atoms with van der Waals surface area (Å²) in [4.78, 5) is 0. The predicted molar refractivity (Wildman–Crippen MR) is 58.4 cm³/mol. The Labute approximate surface area is 87.4 Å². The maximum absolute atomic E-state index is 5.61. The molecule has 0 aliphatic heterocycles. The quantitative estimate of drug-likeness (QED) is 0.705. The van der Waals surface area contributed by atoms with Crippen molar-refractivity contribution in [3.8, 4) is 0 Å². The third-order valence-corrected chi connectivity index (χ3v) is 4.02. The Morgan fingerprint density at radius 2 is 2.14 bits per heavy atom. The normalized spacial score (nSPS) is 27.0. The highest BCUT2D eigenvalue weighted by Gasteiger charge is 2.38. The van der Waals surface area contributed by atoms with Gasteiger partial charge in [0.05, 0.1) is 5.60 Å². The van der Waals surface area contributed by atoms with Crippen molar-refractivity contribution in [1.82, 2.24) is 5.32 Å². The molecule has 2 fully saturated rings. The van der Waals surface area contributed by atoms with E-state index in [0.29, 0.717) is 0 Å². The highest BCUT2D eigenvalue weighted by Crippen LogP contribution is 2.37. The van der Waals surface area contributed by atoms with Crippen molar-refractivity contribution < 1.29 is 4.74 Å². The molecular formula is C12H23NO. The van der Waals surface area contributed by atoms with Gasteiger partial charge in [-0.15, -0.1) is 0 Å². The van der Waals surface area contributed by atoms with Gasteiger partial charge in [-0.3, -0.25) is 0 Å². The van der Waals surface area contributed by atoms with Gasteiger partial charge in [0.25, 0.3) is 0 Å². The molecule has 2 aliphatic rings. The first-order valence-corrected chi connectivity index (χ1v) is 6.08. The van der Waals surface area contributed by atoms with Crippen molar-refractivity contribution in [1.29, 1.82) is 0 Å². The molecule has 0 heterocycles. The van der Waals surface area contributed by atoms with E-state index in [9.17, 15) is 0 Å². The van der Waals surface area contributed by atoms with Crippen molar-refractivity contribution in [3.05, 3.63) is 0 Å². The first-order chi connectivity index (χ1) is 6.79. The molecule has 2 nitrogen and oxygen atoms in total. The minimum atomic E-state index is 0.197. The van der Waals surface area contributed by atoms with Crippen molar-refractivity contribution >= 4 is 0 Å². The molecule has 0 amide bonds. The second-order valence-electron chi connectivity index (χ2n) is 4.97. The second-order valence-corrected chi connectivity index (χ2v) is 4.97. The van der Waals surface area contributed by atoms with E-state index < -0.39 is 0 Å². The summed E-state index contributed by atoms with van der Waals surface area (Å²) in [6, 6.07) is 0.752. The number of hydrogen-bond acceptors (Lipinski definition) is 2. The van der Waals surface area contributed by atoms with Crippen LogP contribution < -0.4 is 5.32 Å². The molecule has 0 aromatic heterocycles. The Morgan fingerprint density at radius 3 is 2.50 bits per heavy atom. The Kier molecular flexibility index (Phi) is 3.13. The summed E-state index contributed by atoms with van der Waals surface area (Å²) in [5, 5.41) is 3.70. The summed E-state index contributed by atoms with van der Waals surface area (Å²) in [5.74, 6) is 0.967. The van der Waals surface area contributed by atoms with E-state index >= 15 is 0 Å². The molecule has 2 heteroatoms. The third-order valence-electron chi connectivity index (χ3n) is 4.02. The molecule has 0 bridgehead atoms. The van der Waals surface area contributed by atoms with Gasteiger partial charge in [-0.2, -0.15) is 0 Å². The topological polar surface area (TPSA) is 21.3 Å². The van der Waals surface area contributed by atoms with Crippen molar-refractivity contribution in [2.24, 2.45) is 5.92 Å². The molecule has 0 aromatic carbocycles. The molecule has 1 N–H and O–H groups in total. The maximum Gasteiger partial charge on any atom is 0.0802 e. The number of ether oxygens (including phenoxy) is 1. The molecule has 0 saturated heterocycles. The van der Waals surface area contributed by atoms with Crippen LogP contribution in [-0.2, 0) is 4.74 Å². The number of nitrogens with one attached hydrogen (secondary N) is 1. The van der Waals surface area contributed by atoms with Gasteiger partial charge < -0.3 is 10.1 Å². The van der Waals surface area contributed by atoms with Crippen LogP contribution in [0, 0.1) is 5.92 Å². The summed E-state index contributed by atoms with van der Waals surface area (Å²) in [7, 11) is 1.86. The van der Waals surface area contributed by atoms with Crippen LogP contribution in [0.2, 0.25) is 0 Å². The zero-order valence-corrected chi connectivity index (χ0v) is 9.51. The second kappa shape index (κ2) is 4.19. The molecule has 82 valence electrons. The highest BCUT2D eigenvalue weighted by atomic mass is 16.5. The number of methoxy groups -OCH3 is 1. The van der Waals surface area contributed by atoms with Gasteiger partial charge >= 0.3 is 0 Å². The van der Waals surface area contributed by atoms with Crippen LogP contribution in [0.15, 0.2) is 0 Å². The molecule has 14 heavy (non-hydrogen) atoms. The fraction of sp³-hybridized carbons (Fsp3) is 1.00. The van der Waals surface area contributed by atoms with Gasteiger partial charge in [0.15, 0.2) is 0 Å². The van der Waals surface area contributed by atoms with E-state index in [-0.39, 0.29) is 5.60 Å². The van der Waals surface area contributed by atoms with Crippen LogP contribution in [0.4, 0.5) is 0 Å².